The number of carbonyl (C=O) groups is 1. The Morgan fingerprint density at radius 2 is 2.10 bits per heavy atom. The van der Waals surface area contributed by atoms with Gasteiger partial charge >= 0.3 is 0 Å². The Kier molecular flexibility index (Phi) is 5.02. The van der Waals surface area contributed by atoms with Crippen LogP contribution in [0.5, 0.6) is 0 Å². The minimum atomic E-state index is -0.255. The van der Waals surface area contributed by atoms with E-state index in [1.54, 1.807) is 24.5 Å². The number of likely N-dealkylation sites (tertiary alicyclic amines) is 1. The highest BCUT2D eigenvalue weighted by molar-refractivity contribution is 5.93. The van der Waals surface area contributed by atoms with E-state index in [4.69, 9.17) is 4.42 Å². The molecule has 5 rings (SSSR count). The Morgan fingerprint density at radius 3 is 2.90 bits per heavy atom. The molecule has 1 aromatic carbocycles. The average Bonchev–Trinajstić information content (AvgIpc) is 3.43. The van der Waals surface area contributed by atoms with Crippen LogP contribution in [0.4, 0.5) is 4.39 Å². The van der Waals surface area contributed by atoms with Gasteiger partial charge in [-0.1, -0.05) is 18.2 Å². The second kappa shape index (κ2) is 7.98. The van der Waals surface area contributed by atoms with E-state index in [0.29, 0.717) is 31.1 Å². The van der Waals surface area contributed by atoms with Crippen molar-refractivity contribution in [2.75, 3.05) is 13.1 Å². The number of amides is 1. The Bertz CT molecular complexity index is 1230. The second-order valence-corrected chi connectivity index (χ2v) is 8.11. The lowest BCUT2D eigenvalue weighted by molar-refractivity contribution is 0.0692. The van der Waals surface area contributed by atoms with Crippen LogP contribution >= 0.6 is 0 Å². The fourth-order valence-electron chi connectivity index (χ4n) is 4.18. The molecule has 31 heavy (non-hydrogen) atoms. The number of imidazole rings is 1. The van der Waals surface area contributed by atoms with E-state index in [2.05, 4.69) is 9.97 Å². The molecule has 4 heterocycles. The topological polar surface area (TPSA) is 63.6 Å². The van der Waals surface area contributed by atoms with Crippen LogP contribution in [-0.2, 0) is 6.42 Å². The molecule has 1 atom stereocenters. The van der Waals surface area contributed by atoms with Crippen molar-refractivity contribution in [3.8, 4) is 0 Å². The first-order valence-electron chi connectivity index (χ1n) is 10.5. The monoisotopic (exact) mass is 418 g/mol. The van der Waals surface area contributed by atoms with Crippen molar-refractivity contribution in [2.45, 2.75) is 32.1 Å². The van der Waals surface area contributed by atoms with Gasteiger partial charge < -0.3 is 13.7 Å². The normalized spacial score (nSPS) is 16.7. The van der Waals surface area contributed by atoms with Crippen molar-refractivity contribution < 1.29 is 13.6 Å². The molecule has 3 aromatic heterocycles. The van der Waals surface area contributed by atoms with Crippen LogP contribution in [0.25, 0.3) is 5.65 Å². The highest BCUT2D eigenvalue weighted by atomic mass is 19.1. The molecule has 1 amide bonds. The minimum Gasteiger partial charge on any atom is -0.445 e. The summed E-state index contributed by atoms with van der Waals surface area (Å²) >= 11 is 0. The first-order valence-corrected chi connectivity index (χ1v) is 10.5. The lowest BCUT2D eigenvalue weighted by Crippen LogP contribution is -2.39. The molecular formula is C24H23FN4O2. The third kappa shape index (κ3) is 3.95. The number of nitrogens with zero attached hydrogens (tertiary/aromatic N) is 4. The van der Waals surface area contributed by atoms with Crippen LogP contribution in [0.3, 0.4) is 0 Å². The first-order chi connectivity index (χ1) is 15.1. The maximum atomic E-state index is 13.1. The molecule has 0 radical (unpaired) electrons. The zero-order chi connectivity index (χ0) is 21.4. The van der Waals surface area contributed by atoms with Gasteiger partial charge in [-0.3, -0.25) is 4.79 Å². The molecule has 0 unspecified atom stereocenters. The molecule has 158 valence electrons. The SMILES string of the molecule is Cc1cccn2cc(C(=O)N3CCC[C@@H](c4ncc(Cc5ccc(F)cc5)o4)C3)nc12. The Labute approximate surface area is 179 Å². The molecule has 7 heteroatoms. The van der Waals surface area contributed by atoms with Crippen LogP contribution in [0.1, 0.15) is 52.0 Å². The van der Waals surface area contributed by atoms with Crippen LogP contribution in [-0.4, -0.2) is 38.3 Å². The molecule has 0 bridgehead atoms. The zero-order valence-electron chi connectivity index (χ0n) is 17.3. The molecule has 0 saturated carbocycles. The number of pyridine rings is 1. The van der Waals surface area contributed by atoms with Crippen molar-refractivity contribution in [2.24, 2.45) is 0 Å². The molecule has 1 fully saturated rings. The Morgan fingerprint density at radius 1 is 1.26 bits per heavy atom. The summed E-state index contributed by atoms with van der Waals surface area (Å²) in [5.41, 5.74) is 3.26. The van der Waals surface area contributed by atoms with E-state index >= 15 is 0 Å². The molecule has 6 nitrogen and oxygen atoms in total. The fraction of sp³-hybridized carbons (Fsp3) is 0.292. The average molecular weight is 418 g/mol. The van der Waals surface area contributed by atoms with Crippen LogP contribution < -0.4 is 0 Å². The number of hydrogen-bond acceptors (Lipinski definition) is 4. The molecule has 1 aliphatic heterocycles. The van der Waals surface area contributed by atoms with Crippen molar-refractivity contribution in [1.82, 2.24) is 19.3 Å². The van der Waals surface area contributed by atoms with E-state index in [9.17, 15) is 9.18 Å². The van der Waals surface area contributed by atoms with Crippen LogP contribution in [0, 0.1) is 12.7 Å². The fourth-order valence-corrected chi connectivity index (χ4v) is 4.18. The van der Waals surface area contributed by atoms with Gasteiger partial charge in [0.15, 0.2) is 5.89 Å². The third-order valence-corrected chi connectivity index (χ3v) is 5.82. The van der Waals surface area contributed by atoms with E-state index in [-0.39, 0.29) is 17.6 Å². The van der Waals surface area contributed by atoms with E-state index in [1.165, 1.54) is 12.1 Å². The second-order valence-electron chi connectivity index (χ2n) is 8.11. The number of fused-ring (bicyclic) bond motifs is 1. The molecule has 1 saturated heterocycles. The molecule has 0 N–H and O–H groups in total. The third-order valence-electron chi connectivity index (χ3n) is 5.82. The van der Waals surface area contributed by atoms with Crippen molar-refractivity contribution in [1.29, 1.82) is 0 Å². The molecule has 4 aromatic rings. The number of hydrogen-bond donors (Lipinski definition) is 0. The van der Waals surface area contributed by atoms with Gasteiger partial charge in [0.2, 0.25) is 0 Å². The maximum absolute atomic E-state index is 13.1. The number of aryl methyl sites for hydroxylation is 1. The van der Waals surface area contributed by atoms with Gasteiger partial charge in [0.1, 0.15) is 22.9 Å². The Hall–Kier alpha value is -3.48. The zero-order valence-corrected chi connectivity index (χ0v) is 17.3. The van der Waals surface area contributed by atoms with Crippen molar-refractivity contribution in [3.63, 3.8) is 0 Å². The summed E-state index contributed by atoms with van der Waals surface area (Å²) in [6.45, 7) is 3.24. The number of aromatic nitrogens is 3. The van der Waals surface area contributed by atoms with E-state index < -0.39 is 0 Å². The van der Waals surface area contributed by atoms with Gasteiger partial charge in [-0.05, 0) is 49.1 Å². The maximum Gasteiger partial charge on any atom is 0.274 e. The van der Waals surface area contributed by atoms with Crippen molar-refractivity contribution >= 4 is 11.6 Å². The summed E-state index contributed by atoms with van der Waals surface area (Å²) in [4.78, 5) is 24.0. The molecule has 1 aliphatic rings. The summed E-state index contributed by atoms with van der Waals surface area (Å²) in [5.74, 6) is 1.13. The number of benzene rings is 1. The number of piperidine rings is 1. The minimum absolute atomic E-state index is 0.0541. The molecule has 0 aliphatic carbocycles. The lowest BCUT2D eigenvalue weighted by atomic mass is 9.98. The van der Waals surface area contributed by atoms with Gasteiger partial charge in [0, 0.05) is 31.9 Å². The lowest BCUT2D eigenvalue weighted by Gasteiger charge is -2.30. The van der Waals surface area contributed by atoms with Gasteiger partial charge in [0.25, 0.3) is 5.91 Å². The summed E-state index contributed by atoms with van der Waals surface area (Å²) in [6.07, 6.45) is 7.79. The van der Waals surface area contributed by atoms with E-state index in [0.717, 1.165) is 35.4 Å². The predicted octanol–water partition coefficient (Wildman–Crippen LogP) is 4.38. The summed E-state index contributed by atoms with van der Waals surface area (Å²) in [5, 5.41) is 0. The van der Waals surface area contributed by atoms with Gasteiger partial charge in [-0.2, -0.15) is 0 Å². The highest BCUT2D eigenvalue weighted by Crippen LogP contribution is 2.28. The summed E-state index contributed by atoms with van der Waals surface area (Å²) < 4.78 is 21.0. The summed E-state index contributed by atoms with van der Waals surface area (Å²) in [6, 6.07) is 10.3. The number of carbonyl (C=O) groups excluding carboxylic acids is 1. The predicted molar refractivity (Wildman–Crippen MR) is 114 cm³/mol. The highest BCUT2D eigenvalue weighted by Gasteiger charge is 2.29. The molecule has 0 spiro atoms. The first kappa shape index (κ1) is 19.5. The van der Waals surface area contributed by atoms with Gasteiger partial charge in [-0.25, -0.2) is 14.4 Å². The van der Waals surface area contributed by atoms with Crippen molar-refractivity contribution in [3.05, 3.63) is 89.3 Å². The number of halogens is 1. The van der Waals surface area contributed by atoms with Gasteiger partial charge in [0.05, 0.1) is 12.1 Å². The van der Waals surface area contributed by atoms with Gasteiger partial charge in [-0.15, -0.1) is 0 Å². The van der Waals surface area contributed by atoms with E-state index in [1.807, 2.05) is 34.6 Å². The standard InChI is InChI=1S/C24H23FN4O2/c1-16-4-2-10-28-15-21(27-22(16)28)24(30)29-11-3-5-18(14-29)23-26-13-20(31-23)12-17-6-8-19(25)9-7-17/h2,4,6-10,13,15,18H,3,5,11-12,14H2,1H3/t18-/m1/s1. The largest absolute Gasteiger partial charge is 0.445 e. The molecular weight excluding hydrogens is 395 g/mol. The number of oxazole rings is 1. The quantitative estimate of drug-likeness (QED) is 0.493. The van der Waals surface area contributed by atoms with Crippen LogP contribution in [0.15, 0.2) is 59.4 Å². The smallest absolute Gasteiger partial charge is 0.274 e. The Balaban J connectivity index is 1.29. The number of rotatable bonds is 4. The van der Waals surface area contributed by atoms with Crippen LogP contribution in [0.2, 0.25) is 0 Å². The summed E-state index contributed by atoms with van der Waals surface area (Å²) in [7, 11) is 0.